The van der Waals surface area contributed by atoms with Gasteiger partial charge in [0.25, 0.3) is 11.4 Å². The van der Waals surface area contributed by atoms with Crippen molar-refractivity contribution < 1.29 is 9.85 Å². The number of nitro groups is 2. The Balaban J connectivity index is 1.62. The molecule has 1 N–H and O–H groups in total. The van der Waals surface area contributed by atoms with Gasteiger partial charge in [-0.05, 0) is 42.0 Å². The van der Waals surface area contributed by atoms with Gasteiger partial charge >= 0.3 is 0 Å². The maximum absolute atomic E-state index is 11.1. The fourth-order valence-electron chi connectivity index (χ4n) is 3.94. The lowest BCUT2D eigenvalue weighted by molar-refractivity contribution is -0.385. The lowest BCUT2D eigenvalue weighted by Gasteiger charge is -2.26. The van der Waals surface area contributed by atoms with Crippen LogP contribution in [0.2, 0.25) is 0 Å². The van der Waals surface area contributed by atoms with E-state index in [-0.39, 0.29) is 23.3 Å². The number of non-ortho nitro benzene ring substituents is 2. The van der Waals surface area contributed by atoms with Gasteiger partial charge in [-0.2, -0.15) is 5.10 Å². The zero-order valence-corrected chi connectivity index (χ0v) is 14.9. The number of nitro benzene ring substituents is 2. The van der Waals surface area contributed by atoms with Gasteiger partial charge in [0.15, 0.2) is 0 Å². The Hall–Kier alpha value is -3.55. The van der Waals surface area contributed by atoms with E-state index in [4.69, 9.17) is 0 Å². The molecule has 1 saturated carbocycles. The highest BCUT2D eigenvalue weighted by atomic mass is 16.6. The van der Waals surface area contributed by atoms with Crippen molar-refractivity contribution in [3.8, 4) is 0 Å². The molecule has 0 unspecified atom stereocenters. The van der Waals surface area contributed by atoms with Crippen LogP contribution in [0, 0.1) is 26.1 Å². The molecule has 1 heterocycles. The maximum Gasteiger partial charge on any atom is 0.270 e. The number of nitrogens with one attached hydrogen (secondary N) is 1. The van der Waals surface area contributed by atoms with Crippen LogP contribution in [0.3, 0.4) is 0 Å². The quantitative estimate of drug-likeness (QED) is 0.627. The smallest absolute Gasteiger partial charge is 0.270 e. The predicted octanol–water partition coefficient (Wildman–Crippen LogP) is 4.39. The molecule has 2 aromatic carbocycles. The number of fused-ring (bicyclic) bond motifs is 1. The Morgan fingerprint density at radius 2 is 1.75 bits per heavy atom. The van der Waals surface area contributed by atoms with Gasteiger partial charge in [0.05, 0.1) is 21.6 Å². The summed E-state index contributed by atoms with van der Waals surface area (Å²) in [6.07, 6.45) is 4.71. The first-order valence-electron chi connectivity index (χ1n) is 9.06. The minimum Gasteiger partial charge on any atom is -0.302 e. The summed E-state index contributed by atoms with van der Waals surface area (Å²) in [5.41, 5.74) is 6.87. The molecular weight excluding hydrogens is 360 g/mol. The molecule has 4 rings (SSSR count). The Kier molecular flexibility index (Phi) is 4.60. The minimum absolute atomic E-state index is 0.0580. The Morgan fingerprint density at radius 1 is 1.04 bits per heavy atom. The summed E-state index contributed by atoms with van der Waals surface area (Å²) in [6, 6.07) is 13.1. The molecule has 8 nitrogen and oxygen atoms in total. The van der Waals surface area contributed by atoms with Gasteiger partial charge in [0.2, 0.25) is 0 Å². The average molecular weight is 378 g/mol. The van der Waals surface area contributed by atoms with Gasteiger partial charge < -0.3 is 5.43 Å². The number of hydrogen-bond donors (Lipinski definition) is 1. The topological polar surface area (TPSA) is 111 Å². The number of hydrazone groups is 1. The number of rotatable bonds is 4. The summed E-state index contributed by atoms with van der Waals surface area (Å²) in [4.78, 5) is 21.3. The lowest BCUT2D eigenvalue weighted by atomic mass is 9.78. The molecule has 2 atom stereocenters. The second kappa shape index (κ2) is 7.22. The number of allylic oxidation sites excluding steroid dienone is 1. The summed E-state index contributed by atoms with van der Waals surface area (Å²) in [5.74, 6) is 0.126. The van der Waals surface area contributed by atoms with Crippen LogP contribution in [0.5, 0.6) is 0 Å². The summed E-state index contributed by atoms with van der Waals surface area (Å²) in [5, 5.41) is 26.6. The van der Waals surface area contributed by atoms with Crippen molar-refractivity contribution >= 4 is 23.2 Å². The number of hydrogen-bond acceptors (Lipinski definition) is 6. The van der Waals surface area contributed by atoms with Crippen LogP contribution in [0.1, 0.15) is 36.4 Å². The fraction of sp³-hybridized carbons (Fsp3) is 0.250. The Labute approximate surface area is 160 Å². The Morgan fingerprint density at radius 3 is 2.50 bits per heavy atom. The van der Waals surface area contributed by atoms with Crippen molar-refractivity contribution in [2.75, 3.05) is 0 Å². The van der Waals surface area contributed by atoms with Crippen LogP contribution in [0.4, 0.5) is 11.4 Å². The van der Waals surface area contributed by atoms with E-state index in [0.717, 1.165) is 41.7 Å². The van der Waals surface area contributed by atoms with E-state index in [1.54, 1.807) is 24.3 Å². The van der Waals surface area contributed by atoms with Crippen LogP contribution in [0.15, 0.2) is 59.2 Å². The normalized spacial score (nSPS) is 22.3. The van der Waals surface area contributed by atoms with Crippen molar-refractivity contribution in [3.05, 3.63) is 85.5 Å². The third-order valence-corrected chi connectivity index (χ3v) is 5.23. The molecule has 1 fully saturated rings. The highest BCUT2D eigenvalue weighted by molar-refractivity contribution is 6.07. The minimum atomic E-state index is -0.404. The summed E-state index contributed by atoms with van der Waals surface area (Å²) in [7, 11) is 0. The zero-order valence-electron chi connectivity index (χ0n) is 14.9. The van der Waals surface area contributed by atoms with Gasteiger partial charge in [-0.1, -0.05) is 24.3 Å². The second-order valence-corrected chi connectivity index (χ2v) is 6.98. The van der Waals surface area contributed by atoms with Crippen molar-refractivity contribution in [2.24, 2.45) is 11.0 Å². The molecule has 0 amide bonds. The first-order chi connectivity index (χ1) is 13.5. The standard InChI is InChI=1S/C20H18N4O4/c25-23(26)16-7-1-4-13(11-16)10-14-6-3-9-18-19(14)21-22-20(18)15-5-2-8-17(12-15)24(27)28/h1-2,4-5,7-8,10-12,18,20,22H,3,6,9H2/b14-10+/t18-,20+/m0/s1. The third kappa shape index (κ3) is 3.36. The molecule has 2 aliphatic rings. The molecular formula is C20H18N4O4. The average Bonchev–Trinajstić information content (AvgIpc) is 3.13. The van der Waals surface area contributed by atoms with Crippen molar-refractivity contribution in [1.29, 1.82) is 0 Å². The van der Waals surface area contributed by atoms with Crippen LogP contribution < -0.4 is 5.43 Å². The predicted molar refractivity (Wildman–Crippen MR) is 105 cm³/mol. The largest absolute Gasteiger partial charge is 0.302 e. The molecule has 1 aliphatic carbocycles. The summed E-state index contributed by atoms with van der Waals surface area (Å²) < 4.78 is 0. The molecule has 1 aliphatic heterocycles. The van der Waals surface area contributed by atoms with Gasteiger partial charge in [-0.3, -0.25) is 20.2 Å². The van der Waals surface area contributed by atoms with Crippen LogP contribution in [-0.2, 0) is 0 Å². The molecule has 0 bridgehead atoms. The van der Waals surface area contributed by atoms with Gasteiger partial charge in [0.1, 0.15) is 0 Å². The first-order valence-corrected chi connectivity index (χ1v) is 9.06. The first kappa shape index (κ1) is 17.8. The molecule has 0 spiro atoms. The van der Waals surface area contributed by atoms with Gasteiger partial charge in [-0.15, -0.1) is 0 Å². The molecule has 142 valence electrons. The summed E-state index contributed by atoms with van der Waals surface area (Å²) >= 11 is 0. The lowest BCUT2D eigenvalue weighted by Crippen LogP contribution is -2.25. The molecule has 2 aromatic rings. The van der Waals surface area contributed by atoms with Gasteiger partial charge in [-0.25, -0.2) is 0 Å². The molecule has 28 heavy (non-hydrogen) atoms. The van der Waals surface area contributed by atoms with Crippen LogP contribution in [0.25, 0.3) is 6.08 Å². The third-order valence-electron chi connectivity index (χ3n) is 5.23. The summed E-state index contributed by atoms with van der Waals surface area (Å²) in [6.45, 7) is 0. The van der Waals surface area contributed by atoms with E-state index in [9.17, 15) is 20.2 Å². The molecule has 0 radical (unpaired) electrons. The monoisotopic (exact) mass is 378 g/mol. The maximum atomic E-state index is 11.1. The molecule has 0 saturated heterocycles. The second-order valence-electron chi connectivity index (χ2n) is 6.98. The van der Waals surface area contributed by atoms with Crippen molar-refractivity contribution in [3.63, 3.8) is 0 Å². The number of nitrogens with zero attached hydrogens (tertiary/aromatic N) is 3. The van der Waals surface area contributed by atoms with E-state index in [0.29, 0.717) is 0 Å². The van der Waals surface area contributed by atoms with Crippen LogP contribution in [-0.4, -0.2) is 15.6 Å². The SMILES string of the molecule is O=[N+]([O-])c1cccc(/C=C2\CCC[C@H]3C2=NN[C@@H]3c2cccc([N+](=O)[O-])c2)c1. The van der Waals surface area contributed by atoms with Crippen molar-refractivity contribution in [1.82, 2.24) is 5.43 Å². The molecule has 0 aromatic heterocycles. The van der Waals surface area contributed by atoms with E-state index in [2.05, 4.69) is 10.5 Å². The van der Waals surface area contributed by atoms with Gasteiger partial charge in [0, 0.05) is 30.2 Å². The number of benzene rings is 2. The van der Waals surface area contributed by atoms with Crippen LogP contribution >= 0.6 is 0 Å². The fourth-order valence-corrected chi connectivity index (χ4v) is 3.94. The van der Waals surface area contributed by atoms with E-state index >= 15 is 0 Å². The van der Waals surface area contributed by atoms with E-state index in [1.165, 1.54) is 12.1 Å². The Bertz CT molecular complexity index is 1010. The van der Waals surface area contributed by atoms with E-state index < -0.39 is 9.85 Å². The van der Waals surface area contributed by atoms with E-state index in [1.807, 2.05) is 18.2 Å². The zero-order chi connectivity index (χ0) is 19.7. The highest BCUT2D eigenvalue weighted by Crippen LogP contribution is 2.40. The van der Waals surface area contributed by atoms with Crippen molar-refractivity contribution in [2.45, 2.75) is 25.3 Å². The highest BCUT2D eigenvalue weighted by Gasteiger charge is 2.37. The molecule has 8 heteroatoms.